The summed E-state index contributed by atoms with van der Waals surface area (Å²) in [5, 5.41) is 0.298. The number of anilines is 3. The van der Waals surface area contributed by atoms with E-state index in [0.717, 1.165) is 0 Å². The second-order valence-corrected chi connectivity index (χ2v) is 13.8. The molecule has 0 spiro atoms. The van der Waals surface area contributed by atoms with Crippen molar-refractivity contribution in [2.45, 2.75) is 29.7 Å². The predicted molar refractivity (Wildman–Crippen MR) is 151 cm³/mol. The highest BCUT2D eigenvalue weighted by molar-refractivity contribution is 9.10. The van der Waals surface area contributed by atoms with Crippen LogP contribution in [0.2, 0.25) is 10.0 Å². The van der Waals surface area contributed by atoms with Gasteiger partial charge in [-0.2, -0.15) is 0 Å². The zero-order valence-corrected chi connectivity index (χ0v) is 24.9. The van der Waals surface area contributed by atoms with E-state index in [1.807, 2.05) is 11.8 Å². The minimum atomic E-state index is -4.18. The number of sulfonamides is 2. The SMILES string of the molecule is Cc1cc(F)c(Br)cc1NS(=O)(=O)c1ccc(NS(=O)(=O)c2cc(Cl)cc(Cl)c2)cc1N1CCOC[C@H]1C. The maximum Gasteiger partial charge on any atom is 0.263 e. The van der Waals surface area contributed by atoms with Gasteiger partial charge in [0.1, 0.15) is 10.7 Å². The molecule has 0 bridgehead atoms. The van der Waals surface area contributed by atoms with Crippen LogP contribution in [0.3, 0.4) is 0 Å². The number of morpholine rings is 1. The Labute approximate surface area is 239 Å². The number of ether oxygens (including phenoxy) is 1. The number of hydrogen-bond donors (Lipinski definition) is 2. The molecule has 0 unspecified atom stereocenters. The van der Waals surface area contributed by atoms with Gasteiger partial charge in [-0.15, -0.1) is 0 Å². The van der Waals surface area contributed by atoms with Crippen molar-refractivity contribution >= 4 is 76.2 Å². The largest absolute Gasteiger partial charge is 0.377 e. The summed E-state index contributed by atoms with van der Waals surface area (Å²) < 4.78 is 77.7. The Morgan fingerprint density at radius 1 is 1.00 bits per heavy atom. The van der Waals surface area contributed by atoms with Crippen molar-refractivity contribution in [3.63, 3.8) is 0 Å². The molecule has 4 rings (SSSR count). The highest BCUT2D eigenvalue weighted by atomic mass is 79.9. The van der Waals surface area contributed by atoms with E-state index in [9.17, 15) is 21.2 Å². The van der Waals surface area contributed by atoms with Crippen molar-refractivity contribution in [1.82, 2.24) is 0 Å². The summed E-state index contributed by atoms with van der Waals surface area (Å²) in [6.07, 6.45) is 0. The first-order valence-electron chi connectivity index (χ1n) is 11.2. The topological polar surface area (TPSA) is 105 Å². The molecule has 2 N–H and O–H groups in total. The van der Waals surface area contributed by atoms with Crippen molar-refractivity contribution in [3.8, 4) is 0 Å². The van der Waals surface area contributed by atoms with Crippen LogP contribution in [0.4, 0.5) is 21.5 Å². The van der Waals surface area contributed by atoms with E-state index >= 15 is 0 Å². The molecule has 204 valence electrons. The maximum absolute atomic E-state index is 13.9. The minimum absolute atomic E-state index is 0.0835. The number of hydrogen-bond acceptors (Lipinski definition) is 6. The number of nitrogens with zero attached hydrogens (tertiary/aromatic N) is 1. The van der Waals surface area contributed by atoms with E-state index in [1.165, 1.54) is 48.5 Å². The first-order valence-corrected chi connectivity index (χ1v) is 15.7. The van der Waals surface area contributed by atoms with Crippen molar-refractivity contribution in [1.29, 1.82) is 0 Å². The van der Waals surface area contributed by atoms with Gasteiger partial charge in [-0.1, -0.05) is 23.2 Å². The third-order valence-electron chi connectivity index (χ3n) is 5.84. The Kier molecular flexibility index (Phi) is 8.51. The molecule has 0 radical (unpaired) electrons. The molecule has 0 aromatic heterocycles. The molecule has 0 saturated carbocycles. The Morgan fingerprint density at radius 3 is 2.34 bits per heavy atom. The third kappa shape index (κ3) is 6.37. The summed E-state index contributed by atoms with van der Waals surface area (Å²) in [5.74, 6) is -0.522. The monoisotopic (exact) mass is 665 g/mol. The van der Waals surface area contributed by atoms with Gasteiger partial charge in [0.25, 0.3) is 20.0 Å². The molecule has 0 aliphatic carbocycles. The Hall–Kier alpha value is -2.09. The molecule has 1 atom stereocenters. The summed E-state index contributed by atoms with van der Waals surface area (Å²) in [6.45, 7) is 4.55. The standard InChI is InChI=1S/C24H23BrCl2FN3O5S2/c1-14-7-21(28)20(25)12-22(14)30-38(34,35)24-4-3-18(11-23(24)31-5-6-36-13-15(31)2)29-37(32,33)19-9-16(26)8-17(27)10-19/h3-4,7-12,15,29-30H,5-6,13H2,1-2H3/t15-/m1/s1. The van der Waals surface area contributed by atoms with Crippen molar-refractivity contribution in [3.05, 3.63) is 74.4 Å². The number of benzene rings is 3. The van der Waals surface area contributed by atoms with Crippen LogP contribution in [0, 0.1) is 12.7 Å². The molecule has 38 heavy (non-hydrogen) atoms. The highest BCUT2D eigenvalue weighted by Gasteiger charge is 2.28. The van der Waals surface area contributed by atoms with Crippen molar-refractivity contribution < 1.29 is 26.0 Å². The first kappa shape index (κ1) is 28.9. The Morgan fingerprint density at radius 2 is 1.68 bits per heavy atom. The molecule has 1 saturated heterocycles. The van der Waals surface area contributed by atoms with E-state index in [0.29, 0.717) is 25.3 Å². The van der Waals surface area contributed by atoms with Crippen LogP contribution < -0.4 is 14.3 Å². The van der Waals surface area contributed by atoms with Gasteiger partial charge in [-0.25, -0.2) is 21.2 Å². The number of aryl methyl sites for hydroxylation is 1. The smallest absolute Gasteiger partial charge is 0.263 e. The Bertz CT molecular complexity index is 1590. The van der Waals surface area contributed by atoms with Crippen LogP contribution in [-0.4, -0.2) is 42.6 Å². The second kappa shape index (κ2) is 11.2. The second-order valence-electron chi connectivity index (χ2n) is 8.70. The van der Waals surface area contributed by atoms with Crippen LogP contribution in [0.15, 0.2) is 62.8 Å². The summed E-state index contributed by atoms with van der Waals surface area (Å²) in [4.78, 5) is 1.60. The third-order valence-corrected chi connectivity index (χ3v) is 9.65. The molecule has 1 heterocycles. The molecule has 8 nitrogen and oxygen atoms in total. The van der Waals surface area contributed by atoms with Gasteiger partial charge in [-0.05, 0) is 83.9 Å². The lowest BCUT2D eigenvalue weighted by atomic mass is 10.2. The number of nitrogens with one attached hydrogen (secondary N) is 2. The quantitative estimate of drug-likeness (QED) is 0.319. The zero-order chi connectivity index (χ0) is 27.8. The minimum Gasteiger partial charge on any atom is -0.377 e. The van der Waals surface area contributed by atoms with Gasteiger partial charge < -0.3 is 9.64 Å². The molecule has 3 aromatic rings. The molecular formula is C24H23BrCl2FN3O5S2. The van der Waals surface area contributed by atoms with Crippen LogP contribution in [0.25, 0.3) is 0 Å². The summed E-state index contributed by atoms with van der Waals surface area (Å²) >= 11 is 15.0. The lowest BCUT2D eigenvalue weighted by molar-refractivity contribution is 0.0987. The van der Waals surface area contributed by atoms with Gasteiger partial charge >= 0.3 is 0 Å². The molecule has 1 fully saturated rings. The van der Waals surface area contributed by atoms with Crippen LogP contribution >= 0.6 is 39.1 Å². The Balaban J connectivity index is 1.77. The van der Waals surface area contributed by atoms with Crippen molar-refractivity contribution in [2.24, 2.45) is 0 Å². The molecule has 3 aromatic carbocycles. The van der Waals surface area contributed by atoms with Crippen LogP contribution in [-0.2, 0) is 24.8 Å². The normalized spacial score (nSPS) is 16.4. The average molecular weight is 667 g/mol. The molecule has 1 aliphatic rings. The highest BCUT2D eigenvalue weighted by Crippen LogP contribution is 2.35. The average Bonchev–Trinajstić information content (AvgIpc) is 2.82. The lowest BCUT2D eigenvalue weighted by Gasteiger charge is -2.36. The lowest BCUT2D eigenvalue weighted by Crippen LogP contribution is -2.44. The molecular weight excluding hydrogens is 644 g/mol. The van der Waals surface area contributed by atoms with Gasteiger partial charge in [0.2, 0.25) is 0 Å². The summed E-state index contributed by atoms with van der Waals surface area (Å²) in [6, 6.07) is 10.4. The van der Waals surface area contributed by atoms with Crippen LogP contribution in [0.5, 0.6) is 0 Å². The van der Waals surface area contributed by atoms with Gasteiger partial charge in [0.05, 0.1) is 39.6 Å². The fraction of sp³-hybridized carbons (Fsp3) is 0.250. The molecule has 0 amide bonds. The fourth-order valence-electron chi connectivity index (χ4n) is 3.97. The summed E-state index contributed by atoms with van der Waals surface area (Å²) in [7, 11) is -8.28. The molecule has 1 aliphatic heterocycles. The fourth-order valence-corrected chi connectivity index (χ4v) is 7.41. The number of rotatable bonds is 7. The van der Waals surface area contributed by atoms with Gasteiger partial charge in [-0.3, -0.25) is 9.44 Å². The van der Waals surface area contributed by atoms with Crippen LogP contribution in [0.1, 0.15) is 12.5 Å². The van der Waals surface area contributed by atoms with E-state index in [4.69, 9.17) is 27.9 Å². The van der Waals surface area contributed by atoms with Gasteiger partial charge in [0.15, 0.2) is 0 Å². The van der Waals surface area contributed by atoms with Crippen molar-refractivity contribution in [2.75, 3.05) is 34.1 Å². The summed E-state index contributed by atoms with van der Waals surface area (Å²) in [5.41, 5.74) is 0.993. The first-order chi connectivity index (χ1) is 17.8. The van der Waals surface area contributed by atoms with E-state index in [-0.39, 0.29) is 47.4 Å². The van der Waals surface area contributed by atoms with E-state index in [2.05, 4.69) is 25.4 Å². The van der Waals surface area contributed by atoms with Gasteiger partial charge in [0, 0.05) is 22.6 Å². The maximum atomic E-state index is 13.9. The van der Waals surface area contributed by atoms with E-state index < -0.39 is 25.9 Å². The molecule has 14 heteroatoms. The number of halogens is 4. The predicted octanol–water partition coefficient (Wildman–Crippen LogP) is 6.03. The zero-order valence-electron chi connectivity index (χ0n) is 20.1. The van der Waals surface area contributed by atoms with E-state index in [1.54, 1.807) is 6.92 Å².